The average molecular weight is 559 g/mol. The molecule has 2 radical (unpaired) electrons. The van der Waals surface area contributed by atoms with Crippen LogP contribution in [0.15, 0.2) is 84.9 Å². The van der Waals surface area contributed by atoms with Gasteiger partial charge in [0.25, 0.3) is 0 Å². The van der Waals surface area contributed by atoms with E-state index in [9.17, 15) is 0 Å². The first-order valence-electron chi connectivity index (χ1n) is 15.2. The van der Waals surface area contributed by atoms with E-state index in [2.05, 4.69) is 154 Å². The third kappa shape index (κ3) is 8.79. The number of benzene rings is 4. The normalized spacial score (nSPS) is 12.5. The first kappa shape index (κ1) is 31.0. The first-order chi connectivity index (χ1) is 19.1. The maximum Gasteiger partial charge on any atom is 0.0855 e. The van der Waals surface area contributed by atoms with Gasteiger partial charge in [0.15, 0.2) is 0 Å². The number of hydrogen-bond acceptors (Lipinski definition) is 0. The molecule has 0 amide bonds. The molecule has 0 bridgehead atoms. The number of rotatable bonds is 7. The van der Waals surface area contributed by atoms with Crippen LogP contribution in [0.4, 0.5) is 0 Å². The third-order valence-corrected chi connectivity index (χ3v) is 9.25. The van der Waals surface area contributed by atoms with Gasteiger partial charge in [0.1, 0.15) is 0 Å². The lowest BCUT2D eigenvalue weighted by atomic mass is 9.81. The molecule has 1 heteroatoms. The summed E-state index contributed by atoms with van der Waals surface area (Å²) in [7, 11) is 0.792. The minimum atomic E-state index is 0.100. The highest BCUT2D eigenvalue weighted by molar-refractivity contribution is 6.52. The van der Waals surface area contributed by atoms with Crippen LogP contribution >= 0.6 is 0 Å². The van der Waals surface area contributed by atoms with E-state index in [0.29, 0.717) is 0 Å². The minimum absolute atomic E-state index is 0.100. The Morgan fingerprint density at radius 3 is 1.32 bits per heavy atom. The second-order valence-corrected chi connectivity index (χ2v) is 16.4. The largest absolute Gasteiger partial charge is 0.0855 e. The maximum atomic E-state index is 2.46. The molecule has 4 aromatic rings. The molecule has 0 unspecified atom stereocenters. The van der Waals surface area contributed by atoms with E-state index in [1.165, 1.54) is 55.3 Å². The molecule has 0 saturated carbocycles. The van der Waals surface area contributed by atoms with Crippen LogP contribution in [0.2, 0.25) is 0 Å². The van der Waals surface area contributed by atoms with Crippen molar-refractivity contribution in [2.45, 2.75) is 104 Å². The standard InChI is InChI=1S/C40H50Si/c1-28-16-29(22-34(17-28)38(2,3)4)18-30-19-31(24-35(23-30)39(5,6)7)20-32-21-33(26-36(25-32)40(8,9)10)27-41-37-14-12-11-13-15-37/h11-17,19,21-26H,18,20,27H2,1-10H3. The molecule has 0 N–H and O–H groups in total. The second-order valence-electron chi connectivity index (χ2n) is 15.1. The Bertz CT molecular complexity index is 1470. The van der Waals surface area contributed by atoms with Crippen LogP contribution in [0.25, 0.3) is 0 Å². The summed E-state index contributed by atoms with van der Waals surface area (Å²) < 4.78 is 0. The zero-order valence-corrected chi connectivity index (χ0v) is 28.2. The Labute approximate surface area is 253 Å². The lowest BCUT2D eigenvalue weighted by molar-refractivity contribution is 0.587. The van der Waals surface area contributed by atoms with Gasteiger partial charge in [-0.05, 0) is 81.0 Å². The fourth-order valence-electron chi connectivity index (χ4n) is 5.43. The van der Waals surface area contributed by atoms with Gasteiger partial charge >= 0.3 is 0 Å². The van der Waals surface area contributed by atoms with Crippen molar-refractivity contribution in [1.29, 1.82) is 0 Å². The van der Waals surface area contributed by atoms with Crippen molar-refractivity contribution >= 4 is 14.7 Å². The lowest BCUT2D eigenvalue weighted by Crippen LogP contribution is -2.17. The molecule has 4 aromatic carbocycles. The summed E-state index contributed by atoms with van der Waals surface area (Å²) in [5.74, 6) is 0. The van der Waals surface area contributed by atoms with E-state index in [1.807, 2.05) is 0 Å². The Kier molecular flexibility index (Phi) is 9.19. The lowest BCUT2D eigenvalue weighted by Gasteiger charge is -2.24. The zero-order chi connectivity index (χ0) is 30.0. The van der Waals surface area contributed by atoms with Gasteiger partial charge < -0.3 is 0 Å². The summed E-state index contributed by atoms with van der Waals surface area (Å²) in [6, 6.07) is 33.9. The minimum Gasteiger partial charge on any atom is -0.0639 e. The quantitative estimate of drug-likeness (QED) is 0.198. The highest BCUT2D eigenvalue weighted by Gasteiger charge is 2.19. The van der Waals surface area contributed by atoms with Gasteiger partial charge in [-0.1, -0.05) is 164 Å². The van der Waals surface area contributed by atoms with Gasteiger partial charge in [-0.3, -0.25) is 0 Å². The molecule has 0 aliphatic carbocycles. The van der Waals surface area contributed by atoms with Gasteiger partial charge in [-0.25, -0.2) is 0 Å². The highest BCUT2D eigenvalue weighted by atomic mass is 28.2. The SMILES string of the molecule is Cc1cc(Cc2cc(Cc3cc(C[Si]c4ccccc4)cc(C(C)(C)C)c3)cc(C(C)(C)C)c2)cc(C(C)(C)C)c1. The second kappa shape index (κ2) is 12.1. The highest BCUT2D eigenvalue weighted by Crippen LogP contribution is 2.30. The van der Waals surface area contributed by atoms with Crippen LogP contribution in [0.1, 0.15) is 112 Å². The van der Waals surface area contributed by atoms with Crippen molar-refractivity contribution < 1.29 is 0 Å². The molecular weight excluding hydrogens is 509 g/mol. The van der Waals surface area contributed by atoms with Crippen LogP contribution < -0.4 is 5.19 Å². The number of hydrogen-bond donors (Lipinski definition) is 0. The molecule has 0 heterocycles. The summed E-state index contributed by atoms with van der Waals surface area (Å²) in [5.41, 5.74) is 13.1. The van der Waals surface area contributed by atoms with E-state index >= 15 is 0 Å². The topological polar surface area (TPSA) is 0 Å². The van der Waals surface area contributed by atoms with Crippen LogP contribution in [0.5, 0.6) is 0 Å². The molecule has 0 fully saturated rings. The van der Waals surface area contributed by atoms with Crippen molar-refractivity contribution in [3.63, 3.8) is 0 Å². The Morgan fingerprint density at radius 1 is 0.463 bits per heavy atom. The van der Waals surface area contributed by atoms with Crippen LogP contribution in [0.3, 0.4) is 0 Å². The van der Waals surface area contributed by atoms with Crippen molar-refractivity contribution in [2.24, 2.45) is 0 Å². The molecule has 0 aromatic heterocycles. The third-order valence-electron chi connectivity index (χ3n) is 7.93. The van der Waals surface area contributed by atoms with Crippen LogP contribution in [0, 0.1) is 6.92 Å². The molecule has 0 aliphatic heterocycles. The fourth-order valence-corrected chi connectivity index (χ4v) is 6.47. The summed E-state index contributed by atoms with van der Waals surface area (Å²) in [6.07, 6.45) is 1.93. The molecule has 0 nitrogen and oxygen atoms in total. The van der Waals surface area contributed by atoms with Crippen molar-refractivity contribution in [2.75, 3.05) is 0 Å². The Balaban J connectivity index is 1.69. The summed E-state index contributed by atoms with van der Waals surface area (Å²) >= 11 is 0. The molecule has 0 saturated heterocycles. The first-order valence-corrected chi connectivity index (χ1v) is 16.4. The van der Waals surface area contributed by atoms with E-state index in [4.69, 9.17) is 0 Å². The molecule has 214 valence electrons. The molecule has 0 spiro atoms. The molecule has 41 heavy (non-hydrogen) atoms. The van der Waals surface area contributed by atoms with Crippen LogP contribution in [-0.4, -0.2) is 9.52 Å². The van der Waals surface area contributed by atoms with Gasteiger partial charge in [0.2, 0.25) is 0 Å². The Hall–Kier alpha value is -2.90. The maximum absolute atomic E-state index is 2.46. The van der Waals surface area contributed by atoms with Gasteiger partial charge in [-0.15, -0.1) is 0 Å². The summed E-state index contributed by atoms with van der Waals surface area (Å²) in [4.78, 5) is 0. The average Bonchev–Trinajstić information content (AvgIpc) is 2.86. The fraction of sp³-hybridized carbons (Fsp3) is 0.400. The van der Waals surface area contributed by atoms with E-state index in [0.717, 1.165) is 28.4 Å². The van der Waals surface area contributed by atoms with Crippen molar-refractivity contribution in [3.8, 4) is 0 Å². The molecule has 0 aliphatic rings. The van der Waals surface area contributed by atoms with Gasteiger partial charge in [0, 0.05) is 0 Å². The van der Waals surface area contributed by atoms with Crippen molar-refractivity contribution in [1.82, 2.24) is 0 Å². The van der Waals surface area contributed by atoms with E-state index in [1.54, 1.807) is 0 Å². The molecule has 0 atom stereocenters. The van der Waals surface area contributed by atoms with E-state index in [-0.39, 0.29) is 16.2 Å². The zero-order valence-electron chi connectivity index (χ0n) is 27.2. The summed E-state index contributed by atoms with van der Waals surface area (Å²) in [6.45, 7) is 23.2. The molecule has 4 rings (SSSR count). The molecular formula is C40H50Si. The van der Waals surface area contributed by atoms with Crippen molar-refractivity contribution in [3.05, 3.63) is 135 Å². The monoisotopic (exact) mass is 558 g/mol. The Morgan fingerprint density at radius 2 is 0.854 bits per heavy atom. The predicted molar refractivity (Wildman–Crippen MR) is 181 cm³/mol. The number of aryl methyl sites for hydroxylation is 1. The smallest absolute Gasteiger partial charge is 0.0639 e. The van der Waals surface area contributed by atoms with Gasteiger partial charge in [0.05, 0.1) is 9.52 Å². The summed E-state index contributed by atoms with van der Waals surface area (Å²) in [5, 5.41) is 1.43. The predicted octanol–water partition coefficient (Wildman–Crippen LogP) is 9.60. The van der Waals surface area contributed by atoms with E-state index < -0.39 is 0 Å². The van der Waals surface area contributed by atoms with Gasteiger partial charge in [-0.2, -0.15) is 0 Å². The van der Waals surface area contributed by atoms with Crippen LogP contribution in [-0.2, 0) is 35.1 Å².